The molecule has 0 saturated heterocycles. The Hall–Kier alpha value is -0.980. The smallest absolute Gasteiger partial charge is 0.121 e. The van der Waals surface area contributed by atoms with E-state index in [2.05, 4.69) is 39.8 Å². The predicted molar refractivity (Wildman–Crippen MR) is 84.0 cm³/mol. The molecule has 1 nitrogen and oxygen atoms in total. The highest BCUT2D eigenvalue weighted by Gasteiger charge is 2.12. The highest BCUT2D eigenvalue weighted by Crippen LogP contribution is 2.31. The third kappa shape index (κ3) is 4.56. The Morgan fingerprint density at radius 1 is 0.947 bits per heavy atom. The minimum atomic E-state index is 0.564. The second-order valence-electron chi connectivity index (χ2n) is 5.70. The number of phenolic OH excluding ortho intramolecular Hbond substituents is 1. The fraction of sp³-hybridized carbons (Fsp3) is 0.667. The summed E-state index contributed by atoms with van der Waals surface area (Å²) >= 11 is 0. The van der Waals surface area contributed by atoms with Gasteiger partial charge in [0.15, 0.2) is 0 Å². The van der Waals surface area contributed by atoms with Crippen LogP contribution in [0.5, 0.6) is 5.75 Å². The third-order valence-electron chi connectivity index (χ3n) is 4.07. The lowest BCUT2D eigenvalue weighted by Gasteiger charge is -2.16. The largest absolute Gasteiger partial charge is 0.507 e. The molecule has 0 bridgehead atoms. The van der Waals surface area contributed by atoms with Gasteiger partial charge in [-0.15, -0.1) is 0 Å². The van der Waals surface area contributed by atoms with Crippen LogP contribution in [0.25, 0.3) is 0 Å². The van der Waals surface area contributed by atoms with E-state index in [-0.39, 0.29) is 0 Å². The zero-order valence-electron chi connectivity index (χ0n) is 13.1. The molecule has 1 rings (SSSR count). The summed E-state index contributed by atoms with van der Waals surface area (Å²) in [7, 11) is 0. The number of hydrogen-bond donors (Lipinski definition) is 1. The number of aryl methyl sites for hydroxylation is 2. The topological polar surface area (TPSA) is 20.2 Å². The van der Waals surface area contributed by atoms with Crippen molar-refractivity contribution in [2.24, 2.45) is 0 Å². The van der Waals surface area contributed by atoms with Crippen molar-refractivity contribution in [1.82, 2.24) is 0 Å². The molecule has 0 fully saturated rings. The van der Waals surface area contributed by atoms with Crippen LogP contribution < -0.4 is 0 Å². The van der Waals surface area contributed by atoms with E-state index in [0.717, 1.165) is 43.2 Å². The van der Waals surface area contributed by atoms with Gasteiger partial charge in [-0.3, -0.25) is 0 Å². The van der Waals surface area contributed by atoms with Crippen LogP contribution in [0.15, 0.2) is 12.1 Å². The summed E-state index contributed by atoms with van der Waals surface area (Å²) < 4.78 is 0. The van der Waals surface area contributed by atoms with Gasteiger partial charge in [-0.05, 0) is 54.7 Å². The average Bonchev–Trinajstić information content (AvgIpc) is 2.44. The molecule has 0 amide bonds. The molecule has 19 heavy (non-hydrogen) atoms. The molecule has 0 saturated carbocycles. The van der Waals surface area contributed by atoms with Gasteiger partial charge in [-0.1, -0.05) is 52.7 Å². The van der Waals surface area contributed by atoms with Gasteiger partial charge in [-0.2, -0.15) is 0 Å². The standard InChI is InChI=1S/C18H30O/c1-5-8-10-15-12-17(14(4)7-3)13-16(18(15)19)11-9-6-2/h12-14,19H,5-11H2,1-4H3. The molecule has 1 atom stereocenters. The maximum atomic E-state index is 10.4. The number of aromatic hydroxyl groups is 1. The second-order valence-corrected chi connectivity index (χ2v) is 5.70. The molecule has 0 aliphatic rings. The van der Waals surface area contributed by atoms with Crippen LogP contribution in [0.1, 0.15) is 82.4 Å². The molecule has 0 aliphatic heterocycles. The molecular formula is C18H30O. The fourth-order valence-corrected chi connectivity index (χ4v) is 2.42. The summed E-state index contributed by atoms with van der Waals surface area (Å²) in [5, 5.41) is 10.4. The molecule has 0 spiro atoms. The van der Waals surface area contributed by atoms with Crippen molar-refractivity contribution in [3.8, 4) is 5.75 Å². The predicted octanol–water partition coefficient (Wildman–Crippen LogP) is 5.59. The molecule has 108 valence electrons. The average molecular weight is 262 g/mol. The Balaban J connectivity index is 3.06. The molecule has 1 heteroatoms. The molecule has 0 radical (unpaired) electrons. The monoisotopic (exact) mass is 262 g/mol. The number of unbranched alkanes of at least 4 members (excludes halogenated alkanes) is 2. The fourth-order valence-electron chi connectivity index (χ4n) is 2.42. The lowest BCUT2D eigenvalue weighted by atomic mass is 9.91. The Bertz CT molecular complexity index is 352. The second kappa shape index (κ2) is 8.24. The van der Waals surface area contributed by atoms with Gasteiger partial charge in [0.05, 0.1) is 0 Å². The summed E-state index contributed by atoms with van der Waals surface area (Å²) in [6.45, 7) is 8.91. The van der Waals surface area contributed by atoms with E-state index in [9.17, 15) is 5.11 Å². The van der Waals surface area contributed by atoms with Crippen molar-refractivity contribution in [1.29, 1.82) is 0 Å². The number of rotatable bonds is 8. The Kier molecular flexibility index (Phi) is 6.97. The number of hydrogen-bond acceptors (Lipinski definition) is 1. The first-order valence-corrected chi connectivity index (χ1v) is 7.98. The van der Waals surface area contributed by atoms with Crippen molar-refractivity contribution in [3.05, 3.63) is 28.8 Å². The van der Waals surface area contributed by atoms with Gasteiger partial charge in [-0.25, -0.2) is 0 Å². The molecular weight excluding hydrogens is 232 g/mol. The highest BCUT2D eigenvalue weighted by atomic mass is 16.3. The minimum Gasteiger partial charge on any atom is -0.507 e. The van der Waals surface area contributed by atoms with Crippen molar-refractivity contribution >= 4 is 0 Å². The van der Waals surface area contributed by atoms with E-state index in [0.29, 0.717) is 11.7 Å². The first-order chi connectivity index (χ1) is 9.13. The molecule has 0 aromatic heterocycles. The molecule has 0 heterocycles. The van der Waals surface area contributed by atoms with Gasteiger partial charge in [0.2, 0.25) is 0 Å². The van der Waals surface area contributed by atoms with E-state index < -0.39 is 0 Å². The summed E-state index contributed by atoms with van der Waals surface area (Å²) in [5.41, 5.74) is 3.72. The van der Waals surface area contributed by atoms with Gasteiger partial charge in [0.1, 0.15) is 5.75 Å². The summed E-state index contributed by atoms with van der Waals surface area (Å²) in [6, 6.07) is 4.46. The lowest BCUT2D eigenvalue weighted by molar-refractivity contribution is 0.458. The SMILES string of the molecule is CCCCc1cc(C(C)CC)cc(CCCC)c1O. The third-order valence-corrected chi connectivity index (χ3v) is 4.07. The number of phenols is 1. The van der Waals surface area contributed by atoms with Crippen molar-refractivity contribution in [2.75, 3.05) is 0 Å². The van der Waals surface area contributed by atoms with Gasteiger partial charge in [0, 0.05) is 0 Å². The first-order valence-electron chi connectivity index (χ1n) is 7.98. The zero-order valence-corrected chi connectivity index (χ0v) is 13.1. The van der Waals surface area contributed by atoms with Crippen molar-refractivity contribution < 1.29 is 5.11 Å². The Morgan fingerprint density at radius 3 is 1.79 bits per heavy atom. The van der Waals surface area contributed by atoms with E-state index >= 15 is 0 Å². The molecule has 0 aliphatic carbocycles. The van der Waals surface area contributed by atoms with Crippen LogP contribution in [0.3, 0.4) is 0 Å². The van der Waals surface area contributed by atoms with E-state index in [4.69, 9.17) is 0 Å². The van der Waals surface area contributed by atoms with Crippen LogP contribution >= 0.6 is 0 Å². The van der Waals surface area contributed by atoms with Crippen LogP contribution in [-0.4, -0.2) is 5.11 Å². The van der Waals surface area contributed by atoms with E-state index in [1.165, 1.54) is 18.4 Å². The van der Waals surface area contributed by atoms with Crippen molar-refractivity contribution in [3.63, 3.8) is 0 Å². The van der Waals surface area contributed by atoms with Gasteiger partial charge >= 0.3 is 0 Å². The summed E-state index contributed by atoms with van der Waals surface area (Å²) in [6.07, 6.45) is 7.84. The van der Waals surface area contributed by atoms with E-state index in [1.807, 2.05) is 0 Å². The summed E-state index contributed by atoms with van der Waals surface area (Å²) in [4.78, 5) is 0. The van der Waals surface area contributed by atoms with Crippen LogP contribution in [-0.2, 0) is 12.8 Å². The Labute approximate surface area is 119 Å². The number of benzene rings is 1. The molecule has 1 N–H and O–H groups in total. The molecule has 1 aromatic rings. The first kappa shape index (κ1) is 16.1. The lowest BCUT2D eigenvalue weighted by Crippen LogP contribution is -1.99. The quantitative estimate of drug-likeness (QED) is 0.647. The zero-order chi connectivity index (χ0) is 14.3. The van der Waals surface area contributed by atoms with Gasteiger partial charge in [0.25, 0.3) is 0 Å². The highest BCUT2D eigenvalue weighted by molar-refractivity contribution is 5.45. The van der Waals surface area contributed by atoms with Crippen LogP contribution in [0.2, 0.25) is 0 Å². The normalized spacial score (nSPS) is 12.6. The maximum absolute atomic E-state index is 10.4. The van der Waals surface area contributed by atoms with Crippen LogP contribution in [0.4, 0.5) is 0 Å². The van der Waals surface area contributed by atoms with E-state index in [1.54, 1.807) is 0 Å². The molecule has 1 aromatic carbocycles. The molecule has 1 unspecified atom stereocenters. The van der Waals surface area contributed by atoms with Gasteiger partial charge < -0.3 is 5.11 Å². The summed E-state index contributed by atoms with van der Waals surface area (Å²) in [5.74, 6) is 1.15. The Morgan fingerprint density at radius 2 is 1.42 bits per heavy atom. The minimum absolute atomic E-state index is 0.564. The maximum Gasteiger partial charge on any atom is 0.121 e. The van der Waals surface area contributed by atoms with Crippen molar-refractivity contribution in [2.45, 2.75) is 78.6 Å². The van der Waals surface area contributed by atoms with Crippen LogP contribution in [0, 0.1) is 0 Å².